The highest BCUT2D eigenvalue weighted by atomic mass is 19.4. The largest absolute Gasteiger partial charge is 0.444 e. The van der Waals surface area contributed by atoms with Crippen molar-refractivity contribution in [1.29, 1.82) is 0 Å². The number of amides is 1. The van der Waals surface area contributed by atoms with Crippen molar-refractivity contribution >= 4 is 6.09 Å². The van der Waals surface area contributed by atoms with E-state index >= 15 is 0 Å². The number of hydrogen-bond acceptors (Lipinski definition) is 5. The number of halogens is 4. The van der Waals surface area contributed by atoms with Crippen LogP contribution in [0.4, 0.5) is 22.4 Å². The van der Waals surface area contributed by atoms with Crippen LogP contribution in [0, 0.1) is 0 Å². The molecule has 142 valence electrons. The number of rotatable bonds is 4. The van der Waals surface area contributed by atoms with E-state index in [0.29, 0.717) is 0 Å². The summed E-state index contributed by atoms with van der Waals surface area (Å²) in [7, 11) is 0. The van der Waals surface area contributed by atoms with Crippen LogP contribution in [0.2, 0.25) is 0 Å². The van der Waals surface area contributed by atoms with Crippen molar-refractivity contribution in [3.05, 3.63) is 11.8 Å². The molecule has 1 amide bonds. The van der Waals surface area contributed by atoms with Gasteiger partial charge in [0.1, 0.15) is 17.8 Å². The Morgan fingerprint density at radius 1 is 1.32 bits per heavy atom. The van der Waals surface area contributed by atoms with Gasteiger partial charge in [0.2, 0.25) is 11.8 Å². The van der Waals surface area contributed by atoms with Gasteiger partial charge in [-0.25, -0.2) is 9.18 Å². The molecule has 0 radical (unpaired) electrons. The molecule has 0 unspecified atom stereocenters. The fourth-order valence-corrected chi connectivity index (χ4v) is 2.48. The van der Waals surface area contributed by atoms with E-state index in [0.717, 1.165) is 0 Å². The van der Waals surface area contributed by atoms with Gasteiger partial charge in [-0.2, -0.15) is 13.2 Å². The Labute approximate surface area is 142 Å². The molecule has 0 spiro atoms. The Bertz CT molecular complexity index is 598. The maximum Gasteiger partial charge on any atom is 0.411 e. The van der Waals surface area contributed by atoms with E-state index in [1.165, 1.54) is 4.90 Å². The van der Waals surface area contributed by atoms with Crippen molar-refractivity contribution in [1.82, 2.24) is 15.1 Å². The summed E-state index contributed by atoms with van der Waals surface area (Å²) < 4.78 is 60.8. The first-order chi connectivity index (χ1) is 11.4. The molecule has 0 bridgehead atoms. The van der Waals surface area contributed by atoms with Crippen molar-refractivity contribution in [2.24, 2.45) is 0 Å². The van der Waals surface area contributed by atoms with E-state index in [2.05, 4.69) is 10.2 Å². The summed E-state index contributed by atoms with van der Waals surface area (Å²) in [5, 5.41) is 7.45. The van der Waals surface area contributed by atoms with Crippen molar-refractivity contribution in [3.63, 3.8) is 0 Å². The summed E-state index contributed by atoms with van der Waals surface area (Å²) in [5.41, 5.74) is -0.742. The zero-order chi connectivity index (χ0) is 18.8. The number of alkyl halides is 4. The van der Waals surface area contributed by atoms with Gasteiger partial charge in [0.15, 0.2) is 0 Å². The molecule has 1 aliphatic rings. The second-order valence-electron chi connectivity index (χ2n) is 6.98. The molecule has 2 heterocycles. The van der Waals surface area contributed by atoms with Crippen LogP contribution in [0.3, 0.4) is 0 Å². The van der Waals surface area contributed by atoms with Gasteiger partial charge < -0.3 is 9.15 Å². The summed E-state index contributed by atoms with van der Waals surface area (Å²) in [6.45, 7) is 4.91. The third kappa shape index (κ3) is 5.86. The van der Waals surface area contributed by atoms with Crippen LogP contribution >= 0.6 is 0 Å². The third-order valence-corrected chi connectivity index (χ3v) is 3.50. The average molecular weight is 367 g/mol. The third-order valence-electron chi connectivity index (χ3n) is 3.50. The number of aromatic nitrogens is 2. The van der Waals surface area contributed by atoms with E-state index in [4.69, 9.17) is 9.15 Å². The van der Waals surface area contributed by atoms with E-state index in [1.54, 1.807) is 20.8 Å². The molecule has 1 aliphatic heterocycles. The van der Waals surface area contributed by atoms with Gasteiger partial charge in [-0.3, -0.25) is 4.90 Å². The topological polar surface area (TPSA) is 68.5 Å². The zero-order valence-corrected chi connectivity index (χ0v) is 14.3. The molecule has 1 aromatic rings. The number of likely N-dealkylation sites (tertiary alicyclic amines) is 1. The van der Waals surface area contributed by atoms with Crippen molar-refractivity contribution in [2.75, 3.05) is 6.54 Å². The Kier molecular flexibility index (Phi) is 5.58. The summed E-state index contributed by atoms with van der Waals surface area (Å²) >= 11 is 0. The second-order valence-corrected chi connectivity index (χ2v) is 6.98. The van der Waals surface area contributed by atoms with E-state index in [9.17, 15) is 22.4 Å². The van der Waals surface area contributed by atoms with Crippen LogP contribution in [0.25, 0.3) is 0 Å². The molecular weight excluding hydrogens is 346 g/mol. The first-order valence-corrected chi connectivity index (χ1v) is 7.97. The lowest BCUT2D eigenvalue weighted by Gasteiger charge is -2.26. The molecular formula is C15H21F4N3O3. The molecule has 2 rings (SSSR count). The number of ether oxygens (including phenoxy) is 1. The lowest BCUT2D eigenvalue weighted by molar-refractivity contribution is -0.135. The molecule has 1 aromatic heterocycles. The predicted octanol–water partition coefficient (Wildman–Crippen LogP) is 3.97. The van der Waals surface area contributed by atoms with E-state index in [1.807, 2.05) is 0 Å². The highest BCUT2D eigenvalue weighted by Gasteiger charge is 2.41. The van der Waals surface area contributed by atoms with Gasteiger partial charge in [0, 0.05) is 19.3 Å². The molecule has 1 saturated heterocycles. The number of nitrogens with zero attached hydrogens (tertiary/aromatic N) is 3. The number of hydrogen-bond donors (Lipinski definition) is 0. The minimum absolute atomic E-state index is 0.00742. The molecule has 2 atom stereocenters. The van der Waals surface area contributed by atoms with Crippen LogP contribution in [0.15, 0.2) is 4.42 Å². The number of aryl methyl sites for hydroxylation is 1. The molecule has 1 fully saturated rings. The molecule has 6 nitrogen and oxygen atoms in total. The normalized spacial score (nSPS) is 21.6. The SMILES string of the molecule is CC(C)(C)OC(=O)N1C[C@H](F)C[C@H]1c1nnc(CCCC(F)(F)F)o1. The fraction of sp³-hybridized carbons (Fsp3) is 0.800. The smallest absolute Gasteiger partial charge is 0.411 e. The number of carbonyl (C=O) groups excluding carboxylic acids is 1. The van der Waals surface area contributed by atoms with Crippen LogP contribution in [0.1, 0.15) is 57.9 Å². The summed E-state index contributed by atoms with van der Waals surface area (Å²) in [5.74, 6) is 0.0405. The molecule has 0 N–H and O–H groups in total. The lowest BCUT2D eigenvalue weighted by Crippen LogP contribution is -2.37. The van der Waals surface area contributed by atoms with Crippen LogP contribution < -0.4 is 0 Å². The van der Waals surface area contributed by atoms with Crippen molar-refractivity contribution < 1.29 is 31.5 Å². The van der Waals surface area contributed by atoms with Gasteiger partial charge in [-0.1, -0.05) is 0 Å². The summed E-state index contributed by atoms with van der Waals surface area (Å²) in [6, 6.07) is -0.784. The standard InChI is InChI=1S/C15H21F4N3O3/c1-14(2,3)25-13(23)22-8-9(16)7-10(22)12-21-20-11(24-12)5-4-6-15(17,18)19/h9-10H,4-8H2,1-3H3/t9-,10+/m1/s1. The minimum Gasteiger partial charge on any atom is -0.444 e. The number of carbonyl (C=O) groups is 1. The quantitative estimate of drug-likeness (QED) is 0.753. The molecule has 25 heavy (non-hydrogen) atoms. The Hall–Kier alpha value is -1.87. The highest BCUT2D eigenvalue weighted by Crippen LogP contribution is 2.34. The van der Waals surface area contributed by atoms with Gasteiger partial charge in [-0.05, 0) is 27.2 Å². The fourth-order valence-electron chi connectivity index (χ4n) is 2.48. The highest BCUT2D eigenvalue weighted by molar-refractivity contribution is 5.69. The van der Waals surface area contributed by atoms with Crippen LogP contribution in [-0.2, 0) is 11.2 Å². The lowest BCUT2D eigenvalue weighted by atomic mass is 10.2. The van der Waals surface area contributed by atoms with Crippen LogP contribution in [-0.4, -0.2) is 45.7 Å². The first kappa shape index (κ1) is 19.5. The maximum atomic E-state index is 13.8. The van der Waals surface area contributed by atoms with Gasteiger partial charge in [-0.15, -0.1) is 10.2 Å². The second kappa shape index (κ2) is 7.17. The molecule has 10 heteroatoms. The molecule has 0 aliphatic carbocycles. The van der Waals surface area contributed by atoms with E-state index < -0.39 is 36.5 Å². The van der Waals surface area contributed by atoms with Gasteiger partial charge in [0.05, 0.1) is 6.54 Å². The Balaban J connectivity index is 2.02. The predicted molar refractivity (Wildman–Crippen MR) is 78.5 cm³/mol. The van der Waals surface area contributed by atoms with Gasteiger partial charge >= 0.3 is 12.3 Å². The Morgan fingerprint density at radius 3 is 2.60 bits per heavy atom. The molecule has 0 aromatic carbocycles. The Morgan fingerprint density at radius 2 is 2.00 bits per heavy atom. The minimum atomic E-state index is -4.25. The maximum absolute atomic E-state index is 13.8. The van der Waals surface area contributed by atoms with Crippen molar-refractivity contribution in [2.45, 2.75) is 70.4 Å². The summed E-state index contributed by atoms with van der Waals surface area (Å²) in [6.07, 6.45) is -7.41. The van der Waals surface area contributed by atoms with E-state index in [-0.39, 0.29) is 37.6 Å². The average Bonchev–Trinajstić information content (AvgIpc) is 3.01. The van der Waals surface area contributed by atoms with Gasteiger partial charge in [0.25, 0.3) is 0 Å². The zero-order valence-electron chi connectivity index (χ0n) is 14.3. The first-order valence-electron chi connectivity index (χ1n) is 7.97. The molecule has 0 saturated carbocycles. The summed E-state index contributed by atoms with van der Waals surface area (Å²) in [4.78, 5) is 13.4. The van der Waals surface area contributed by atoms with Crippen LogP contribution in [0.5, 0.6) is 0 Å². The van der Waals surface area contributed by atoms with Crippen molar-refractivity contribution in [3.8, 4) is 0 Å². The monoisotopic (exact) mass is 367 g/mol.